The molecule has 1 aromatic carbocycles. The first-order valence-electron chi connectivity index (χ1n) is 5.28. The van der Waals surface area contributed by atoms with Gasteiger partial charge in [0.25, 0.3) is 0 Å². The fourth-order valence-corrected chi connectivity index (χ4v) is 2.34. The number of benzene rings is 1. The highest BCUT2D eigenvalue weighted by molar-refractivity contribution is 9.10. The Kier molecular flexibility index (Phi) is 2.77. The summed E-state index contributed by atoms with van der Waals surface area (Å²) in [4.78, 5) is 0. The Bertz CT molecular complexity index is 380. The van der Waals surface area contributed by atoms with Crippen molar-refractivity contribution in [1.29, 1.82) is 0 Å². The number of ether oxygens (including phenoxy) is 1. The fourth-order valence-electron chi connectivity index (χ4n) is 2.00. The van der Waals surface area contributed by atoms with E-state index in [4.69, 9.17) is 10.5 Å². The number of rotatable bonds is 1. The lowest BCUT2D eigenvalue weighted by Crippen LogP contribution is -2.39. The van der Waals surface area contributed by atoms with E-state index in [1.165, 1.54) is 0 Å². The Morgan fingerprint density at radius 2 is 2.33 bits per heavy atom. The molecule has 1 aromatic rings. The minimum Gasteiger partial charge on any atom is -0.487 e. The van der Waals surface area contributed by atoms with Crippen LogP contribution in [-0.4, -0.2) is 5.60 Å². The van der Waals surface area contributed by atoms with Crippen molar-refractivity contribution in [3.8, 4) is 5.75 Å². The first-order valence-corrected chi connectivity index (χ1v) is 6.07. The van der Waals surface area contributed by atoms with Gasteiger partial charge in [-0.3, -0.25) is 0 Å². The highest BCUT2D eigenvalue weighted by Gasteiger charge is 2.34. The summed E-state index contributed by atoms with van der Waals surface area (Å²) in [5.74, 6) is 0.924. The molecule has 3 heteroatoms. The van der Waals surface area contributed by atoms with Crippen LogP contribution in [0, 0.1) is 0 Å². The minimum absolute atomic E-state index is 0.0896. The Hall–Kier alpha value is -0.540. The van der Waals surface area contributed by atoms with Gasteiger partial charge in [-0.05, 0) is 25.5 Å². The van der Waals surface area contributed by atoms with Crippen LogP contribution in [0.3, 0.4) is 0 Å². The molecule has 0 aromatic heterocycles. The molecule has 15 heavy (non-hydrogen) atoms. The normalized spacial score (nSPS) is 29.5. The van der Waals surface area contributed by atoms with Gasteiger partial charge in [0.2, 0.25) is 0 Å². The molecule has 0 bridgehead atoms. The lowest BCUT2D eigenvalue weighted by molar-refractivity contribution is 0.0502. The second-order valence-electron chi connectivity index (χ2n) is 4.40. The highest BCUT2D eigenvalue weighted by atomic mass is 79.9. The summed E-state index contributed by atoms with van der Waals surface area (Å²) in [7, 11) is 0. The second-order valence-corrected chi connectivity index (χ2v) is 5.31. The monoisotopic (exact) mass is 269 g/mol. The first-order chi connectivity index (χ1) is 7.04. The van der Waals surface area contributed by atoms with Crippen LogP contribution in [0.25, 0.3) is 0 Å². The van der Waals surface area contributed by atoms with E-state index in [-0.39, 0.29) is 11.6 Å². The predicted octanol–water partition coefficient (Wildman–Crippen LogP) is 3.40. The third kappa shape index (κ3) is 2.04. The van der Waals surface area contributed by atoms with Crippen molar-refractivity contribution >= 4 is 15.9 Å². The summed E-state index contributed by atoms with van der Waals surface area (Å²) in [6.45, 7) is 4.26. The molecule has 0 aliphatic carbocycles. The van der Waals surface area contributed by atoms with Gasteiger partial charge in [-0.15, -0.1) is 0 Å². The van der Waals surface area contributed by atoms with Crippen LogP contribution >= 0.6 is 15.9 Å². The smallest absolute Gasteiger partial charge is 0.126 e. The topological polar surface area (TPSA) is 35.2 Å². The third-order valence-corrected chi connectivity index (χ3v) is 3.62. The molecule has 2 nitrogen and oxygen atoms in total. The van der Waals surface area contributed by atoms with Crippen molar-refractivity contribution in [2.75, 3.05) is 0 Å². The average molecular weight is 270 g/mol. The standard InChI is InChI=1S/C12H16BrNO/c1-3-12(2)7-10(14)9-5-4-8(13)6-11(9)15-12/h4-6,10H,3,7,14H2,1-2H3. The zero-order valence-corrected chi connectivity index (χ0v) is 10.7. The van der Waals surface area contributed by atoms with Crippen molar-refractivity contribution < 1.29 is 4.74 Å². The molecule has 0 spiro atoms. The molecule has 2 atom stereocenters. The summed E-state index contributed by atoms with van der Waals surface area (Å²) >= 11 is 3.45. The molecule has 2 unspecified atom stereocenters. The van der Waals surface area contributed by atoms with E-state index in [0.717, 1.165) is 28.6 Å². The number of hydrogen-bond donors (Lipinski definition) is 1. The molecule has 1 aliphatic heterocycles. The van der Waals surface area contributed by atoms with Crippen LogP contribution in [0.15, 0.2) is 22.7 Å². The Morgan fingerprint density at radius 1 is 1.60 bits per heavy atom. The van der Waals surface area contributed by atoms with Crippen molar-refractivity contribution in [3.05, 3.63) is 28.2 Å². The van der Waals surface area contributed by atoms with Gasteiger partial charge in [0.15, 0.2) is 0 Å². The van der Waals surface area contributed by atoms with E-state index < -0.39 is 0 Å². The van der Waals surface area contributed by atoms with Crippen LogP contribution in [0.5, 0.6) is 5.75 Å². The van der Waals surface area contributed by atoms with Gasteiger partial charge < -0.3 is 10.5 Å². The summed E-state index contributed by atoms with van der Waals surface area (Å²) in [5.41, 5.74) is 7.15. The molecule has 1 heterocycles. The number of fused-ring (bicyclic) bond motifs is 1. The molecule has 0 amide bonds. The molecule has 1 aliphatic rings. The average Bonchev–Trinajstić information content (AvgIpc) is 2.16. The van der Waals surface area contributed by atoms with E-state index >= 15 is 0 Å². The molecule has 82 valence electrons. The van der Waals surface area contributed by atoms with E-state index in [2.05, 4.69) is 29.8 Å². The molecule has 0 fully saturated rings. The van der Waals surface area contributed by atoms with Crippen LogP contribution in [0.1, 0.15) is 38.3 Å². The molecular weight excluding hydrogens is 254 g/mol. The van der Waals surface area contributed by atoms with Crippen molar-refractivity contribution in [1.82, 2.24) is 0 Å². The zero-order valence-electron chi connectivity index (χ0n) is 9.09. The summed E-state index contributed by atoms with van der Waals surface area (Å²) in [6.07, 6.45) is 1.87. The lowest BCUT2D eigenvalue weighted by Gasteiger charge is -2.38. The predicted molar refractivity (Wildman–Crippen MR) is 65.0 cm³/mol. The van der Waals surface area contributed by atoms with E-state index in [1.807, 2.05) is 18.2 Å². The van der Waals surface area contributed by atoms with E-state index in [1.54, 1.807) is 0 Å². The Balaban J connectivity index is 2.41. The Morgan fingerprint density at radius 3 is 3.00 bits per heavy atom. The second kappa shape index (κ2) is 3.80. The van der Waals surface area contributed by atoms with Gasteiger partial charge in [0.1, 0.15) is 11.4 Å². The van der Waals surface area contributed by atoms with Crippen LogP contribution in [-0.2, 0) is 0 Å². The summed E-state index contributed by atoms with van der Waals surface area (Å²) in [5, 5.41) is 0. The lowest BCUT2D eigenvalue weighted by atomic mass is 9.87. The first kappa shape index (κ1) is 11.0. The molecule has 2 N–H and O–H groups in total. The quantitative estimate of drug-likeness (QED) is 0.848. The van der Waals surface area contributed by atoms with Gasteiger partial charge in [0, 0.05) is 22.5 Å². The van der Waals surface area contributed by atoms with Gasteiger partial charge >= 0.3 is 0 Å². The van der Waals surface area contributed by atoms with Gasteiger partial charge in [-0.25, -0.2) is 0 Å². The van der Waals surface area contributed by atoms with Crippen molar-refractivity contribution in [2.24, 2.45) is 5.73 Å². The van der Waals surface area contributed by atoms with Crippen molar-refractivity contribution in [3.63, 3.8) is 0 Å². The third-order valence-electron chi connectivity index (χ3n) is 3.13. The highest BCUT2D eigenvalue weighted by Crippen LogP contribution is 2.40. The SMILES string of the molecule is CCC1(C)CC(N)c2ccc(Br)cc2O1. The minimum atomic E-state index is -0.118. The van der Waals surface area contributed by atoms with Crippen LogP contribution in [0.2, 0.25) is 0 Å². The van der Waals surface area contributed by atoms with Gasteiger partial charge in [-0.2, -0.15) is 0 Å². The van der Waals surface area contributed by atoms with Crippen LogP contribution in [0.4, 0.5) is 0 Å². The molecule has 0 saturated carbocycles. The van der Waals surface area contributed by atoms with E-state index in [0.29, 0.717) is 0 Å². The van der Waals surface area contributed by atoms with Gasteiger partial charge in [0.05, 0.1) is 0 Å². The van der Waals surface area contributed by atoms with Gasteiger partial charge in [-0.1, -0.05) is 28.9 Å². The Labute approximate surface area is 98.9 Å². The number of hydrogen-bond acceptors (Lipinski definition) is 2. The summed E-state index contributed by atoms with van der Waals surface area (Å²) < 4.78 is 7.05. The maximum absolute atomic E-state index is 6.15. The maximum atomic E-state index is 6.15. The largest absolute Gasteiger partial charge is 0.487 e. The zero-order chi connectivity index (χ0) is 11.1. The number of nitrogens with two attached hydrogens (primary N) is 1. The fraction of sp³-hybridized carbons (Fsp3) is 0.500. The molecule has 0 radical (unpaired) electrons. The number of halogens is 1. The van der Waals surface area contributed by atoms with E-state index in [9.17, 15) is 0 Å². The molecular formula is C12H16BrNO. The maximum Gasteiger partial charge on any atom is 0.126 e. The molecule has 2 rings (SSSR count). The van der Waals surface area contributed by atoms with Crippen LogP contribution < -0.4 is 10.5 Å². The molecule has 0 saturated heterocycles. The van der Waals surface area contributed by atoms with Crippen molar-refractivity contribution in [2.45, 2.75) is 38.3 Å². The summed E-state index contributed by atoms with van der Waals surface area (Å²) in [6, 6.07) is 6.14.